The molecule has 162 valence electrons. The molecule has 1 unspecified atom stereocenters. The van der Waals surface area contributed by atoms with Gasteiger partial charge < -0.3 is 4.57 Å². The van der Waals surface area contributed by atoms with E-state index in [-0.39, 0.29) is 4.90 Å². The molecule has 0 heterocycles. The Hall–Kier alpha value is -2.69. The van der Waals surface area contributed by atoms with Crippen LogP contribution in [0.5, 0.6) is 0 Å². The first-order valence-electron chi connectivity index (χ1n) is 9.95. The van der Waals surface area contributed by atoms with E-state index in [0.29, 0.717) is 21.2 Å². The van der Waals surface area contributed by atoms with Gasteiger partial charge in [-0.05, 0) is 29.8 Å². The van der Waals surface area contributed by atoms with Gasteiger partial charge in [0.15, 0.2) is 7.14 Å². The Morgan fingerprint density at radius 2 is 1.09 bits per heavy atom. The van der Waals surface area contributed by atoms with Crippen LogP contribution in [-0.4, -0.2) is 8.42 Å². The Morgan fingerprint density at radius 1 is 0.656 bits per heavy atom. The number of halogens is 1. The van der Waals surface area contributed by atoms with E-state index in [1.165, 1.54) is 12.1 Å². The minimum atomic E-state index is -3.97. The van der Waals surface area contributed by atoms with Gasteiger partial charge >= 0.3 is 0 Å². The topological polar surface area (TPSA) is 63.2 Å². The van der Waals surface area contributed by atoms with Crippen molar-refractivity contribution in [2.45, 2.75) is 10.7 Å². The minimum absolute atomic E-state index is 0.103. The first kappa shape index (κ1) is 22.5. The molecule has 0 aromatic heterocycles. The van der Waals surface area contributed by atoms with Gasteiger partial charge in [0.2, 0.25) is 10.0 Å². The third kappa shape index (κ3) is 4.57. The van der Waals surface area contributed by atoms with Crippen molar-refractivity contribution in [2.24, 2.45) is 0 Å². The van der Waals surface area contributed by atoms with Gasteiger partial charge in [-0.1, -0.05) is 103 Å². The largest absolute Gasteiger partial charge is 0.312 e. The van der Waals surface area contributed by atoms with Gasteiger partial charge in [0.1, 0.15) is 5.78 Å². The summed E-state index contributed by atoms with van der Waals surface area (Å²) in [6, 6.07) is 32.8. The molecule has 0 saturated heterocycles. The number of nitrogens with one attached hydrogen (secondary N) is 1. The average Bonchev–Trinajstić information content (AvgIpc) is 2.84. The third-order valence-electron chi connectivity index (χ3n) is 5.15. The molecule has 0 amide bonds. The number of hydrogen-bond donors (Lipinski definition) is 1. The zero-order valence-corrected chi connectivity index (χ0v) is 19.5. The Balaban J connectivity index is 1.94. The van der Waals surface area contributed by atoms with Gasteiger partial charge in [-0.15, -0.1) is 0 Å². The molecule has 0 bridgehead atoms. The summed E-state index contributed by atoms with van der Waals surface area (Å²) in [5, 5.41) is 1.62. The summed E-state index contributed by atoms with van der Waals surface area (Å²) in [5.41, 5.74) is 0.560. The maximum atomic E-state index is 15.0. The van der Waals surface area contributed by atoms with Gasteiger partial charge in [0.05, 0.1) is 4.90 Å². The van der Waals surface area contributed by atoms with E-state index >= 15 is 0 Å². The van der Waals surface area contributed by atoms with Crippen molar-refractivity contribution in [3.63, 3.8) is 0 Å². The van der Waals surface area contributed by atoms with Crippen molar-refractivity contribution in [1.29, 1.82) is 0 Å². The third-order valence-corrected chi connectivity index (χ3v) is 10.3. The van der Waals surface area contributed by atoms with Gasteiger partial charge in [-0.25, -0.2) is 8.42 Å². The van der Waals surface area contributed by atoms with Gasteiger partial charge in [0, 0.05) is 15.6 Å². The van der Waals surface area contributed by atoms with Crippen LogP contribution < -0.4 is 15.3 Å². The smallest absolute Gasteiger partial charge is 0.241 e. The zero-order valence-electron chi connectivity index (χ0n) is 17.0. The minimum Gasteiger partial charge on any atom is -0.312 e. The van der Waals surface area contributed by atoms with Crippen LogP contribution in [-0.2, 0) is 14.6 Å². The Labute approximate surface area is 193 Å². The molecule has 4 rings (SSSR count). The molecule has 4 aromatic rings. The highest BCUT2D eigenvalue weighted by Gasteiger charge is 2.40. The SMILES string of the molecule is O=P(c1ccccc1)(c1ccccc1)C(NS(=O)(=O)c1ccccc1)c1ccc(Cl)cc1. The highest BCUT2D eigenvalue weighted by Crippen LogP contribution is 2.56. The summed E-state index contributed by atoms with van der Waals surface area (Å²) < 4.78 is 44.4. The second-order valence-corrected chi connectivity index (χ2v) is 12.2. The van der Waals surface area contributed by atoms with E-state index in [1.54, 1.807) is 91.0 Å². The van der Waals surface area contributed by atoms with Crippen LogP contribution in [0.15, 0.2) is 120 Å². The van der Waals surface area contributed by atoms with Gasteiger partial charge in [-0.2, -0.15) is 4.72 Å². The van der Waals surface area contributed by atoms with Crippen LogP contribution >= 0.6 is 18.7 Å². The summed E-state index contributed by atoms with van der Waals surface area (Å²) in [6.45, 7) is 0. The summed E-state index contributed by atoms with van der Waals surface area (Å²) in [7, 11) is -7.49. The molecule has 32 heavy (non-hydrogen) atoms. The molecule has 0 aliphatic rings. The van der Waals surface area contributed by atoms with E-state index in [4.69, 9.17) is 11.6 Å². The summed E-state index contributed by atoms with van der Waals surface area (Å²) >= 11 is 6.09. The second-order valence-electron chi connectivity index (χ2n) is 7.22. The number of rotatable bonds is 7. The van der Waals surface area contributed by atoms with Crippen LogP contribution in [0.1, 0.15) is 11.3 Å². The van der Waals surface area contributed by atoms with Gasteiger partial charge in [0.25, 0.3) is 0 Å². The summed E-state index contributed by atoms with van der Waals surface area (Å²) in [5.74, 6) is -1.03. The quantitative estimate of drug-likeness (QED) is 0.363. The first-order chi connectivity index (χ1) is 15.4. The molecule has 0 fully saturated rings. The normalized spacial score (nSPS) is 12.9. The lowest BCUT2D eigenvalue weighted by atomic mass is 10.2. The standard InChI is InChI=1S/C25H21ClNO3PS/c26-21-18-16-20(17-19-21)25(27-32(29,30)24-14-8-3-9-15-24)31(28,22-10-4-1-5-11-22)23-12-6-2-7-13-23/h1-19,25,27H. The Bertz CT molecular complexity index is 1290. The van der Waals surface area contributed by atoms with Crippen molar-refractivity contribution in [1.82, 2.24) is 4.72 Å². The van der Waals surface area contributed by atoms with Crippen LogP contribution in [0.4, 0.5) is 0 Å². The summed E-state index contributed by atoms with van der Waals surface area (Å²) in [6.07, 6.45) is 0. The first-order valence-corrected chi connectivity index (χ1v) is 13.6. The lowest BCUT2D eigenvalue weighted by Gasteiger charge is -2.30. The molecule has 1 N–H and O–H groups in total. The van der Waals surface area contributed by atoms with E-state index in [2.05, 4.69) is 4.72 Å². The van der Waals surface area contributed by atoms with Crippen molar-refractivity contribution in [3.05, 3.63) is 126 Å². The highest BCUT2D eigenvalue weighted by molar-refractivity contribution is 7.90. The van der Waals surface area contributed by atoms with Crippen molar-refractivity contribution in [3.8, 4) is 0 Å². The molecule has 4 nitrogen and oxygen atoms in total. The number of benzene rings is 4. The lowest BCUT2D eigenvalue weighted by Crippen LogP contribution is -2.34. The molecular formula is C25H21ClNO3PS. The van der Waals surface area contributed by atoms with E-state index in [0.717, 1.165) is 0 Å². The summed E-state index contributed by atoms with van der Waals surface area (Å²) in [4.78, 5) is 0.103. The molecule has 0 radical (unpaired) electrons. The van der Waals surface area contributed by atoms with Crippen molar-refractivity contribution >= 4 is 39.4 Å². The van der Waals surface area contributed by atoms with Crippen LogP contribution in [0, 0.1) is 0 Å². The fourth-order valence-electron chi connectivity index (χ4n) is 3.56. The highest BCUT2D eigenvalue weighted by atomic mass is 35.5. The number of sulfonamides is 1. The van der Waals surface area contributed by atoms with Gasteiger partial charge in [-0.3, -0.25) is 0 Å². The zero-order chi connectivity index (χ0) is 22.6. The van der Waals surface area contributed by atoms with Crippen LogP contribution in [0.2, 0.25) is 5.02 Å². The molecule has 0 saturated carbocycles. The van der Waals surface area contributed by atoms with Crippen molar-refractivity contribution < 1.29 is 13.0 Å². The molecule has 4 aromatic carbocycles. The van der Waals surface area contributed by atoms with Crippen LogP contribution in [0.3, 0.4) is 0 Å². The fraction of sp³-hybridized carbons (Fsp3) is 0.0400. The van der Waals surface area contributed by atoms with Crippen LogP contribution in [0.25, 0.3) is 0 Å². The molecule has 0 spiro atoms. The molecular weight excluding hydrogens is 461 g/mol. The monoisotopic (exact) mass is 481 g/mol. The molecule has 0 aliphatic heterocycles. The second kappa shape index (κ2) is 9.43. The van der Waals surface area contributed by atoms with E-state index in [1.807, 2.05) is 12.1 Å². The van der Waals surface area contributed by atoms with Crippen molar-refractivity contribution in [2.75, 3.05) is 0 Å². The average molecular weight is 482 g/mol. The Morgan fingerprint density at radius 3 is 1.56 bits per heavy atom. The molecule has 0 aliphatic carbocycles. The predicted molar refractivity (Wildman–Crippen MR) is 131 cm³/mol. The maximum absolute atomic E-state index is 15.0. The van der Waals surface area contributed by atoms with E-state index < -0.39 is 22.9 Å². The predicted octanol–water partition coefficient (Wildman–Crippen LogP) is 5.33. The Kier molecular flexibility index (Phi) is 6.63. The number of hydrogen-bond acceptors (Lipinski definition) is 3. The fourth-order valence-corrected chi connectivity index (χ4v) is 8.49. The lowest BCUT2D eigenvalue weighted by molar-refractivity contribution is 0.560. The maximum Gasteiger partial charge on any atom is 0.241 e. The van der Waals surface area contributed by atoms with E-state index in [9.17, 15) is 13.0 Å². The molecule has 1 atom stereocenters. The molecule has 7 heteroatoms.